The molecule has 1 unspecified atom stereocenters. The molecule has 0 bridgehead atoms. The van der Waals surface area contributed by atoms with Crippen molar-refractivity contribution in [2.75, 3.05) is 16.4 Å². The van der Waals surface area contributed by atoms with E-state index in [0.717, 1.165) is 5.69 Å². The summed E-state index contributed by atoms with van der Waals surface area (Å²) in [6.45, 7) is 0. The highest BCUT2D eigenvalue weighted by molar-refractivity contribution is 7.98. The molecule has 4 nitrogen and oxygen atoms in total. The highest BCUT2D eigenvalue weighted by Crippen LogP contribution is 2.31. The first-order valence-electron chi connectivity index (χ1n) is 5.53. The zero-order chi connectivity index (χ0) is 12.9. The summed E-state index contributed by atoms with van der Waals surface area (Å²) < 4.78 is 21.5. The Morgan fingerprint density at radius 2 is 2.06 bits per heavy atom. The van der Waals surface area contributed by atoms with Crippen molar-refractivity contribution in [2.24, 2.45) is 0 Å². The average molecular weight is 304 g/mol. The summed E-state index contributed by atoms with van der Waals surface area (Å²) in [7, 11) is -2.72. The van der Waals surface area contributed by atoms with Gasteiger partial charge in [0.15, 0.2) is 16.6 Å². The second-order valence-electron chi connectivity index (χ2n) is 4.58. The lowest BCUT2D eigenvalue weighted by molar-refractivity contribution is 0.502. The Bertz CT molecular complexity index is 548. The van der Waals surface area contributed by atoms with Gasteiger partial charge in [-0.2, -0.15) is 4.55 Å². The van der Waals surface area contributed by atoms with Crippen molar-refractivity contribution in [1.82, 2.24) is 5.32 Å². The van der Waals surface area contributed by atoms with Crippen molar-refractivity contribution < 1.29 is 8.76 Å². The third-order valence-electron chi connectivity index (χ3n) is 3.30. The number of hydrogen-bond donors (Lipinski definition) is 2. The van der Waals surface area contributed by atoms with Crippen LogP contribution >= 0.6 is 23.8 Å². The fourth-order valence-corrected chi connectivity index (χ4v) is 4.96. The van der Waals surface area contributed by atoms with Gasteiger partial charge < -0.3 is 10.2 Å². The summed E-state index contributed by atoms with van der Waals surface area (Å²) in [6, 6.07) is 7.24. The number of fused-ring (bicyclic) bond motifs is 1. The van der Waals surface area contributed by atoms with E-state index in [9.17, 15) is 8.76 Å². The SMILES string of the molecule is O=[S+]1(O)C[C@@H]2NC(=S)N(c3ccc(Cl)cc3)[C@@H]2C1. The van der Waals surface area contributed by atoms with Gasteiger partial charge in [0, 0.05) is 10.7 Å². The Balaban J connectivity index is 1.94. The smallest absolute Gasteiger partial charge is 0.218 e. The maximum absolute atomic E-state index is 11.8. The average Bonchev–Trinajstić information content (AvgIpc) is 2.70. The van der Waals surface area contributed by atoms with Crippen LogP contribution in [0.1, 0.15) is 0 Å². The van der Waals surface area contributed by atoms with Crippen LogP contribution in [0.3, 0.4) is 0 Å². The van der Waals surface area contributed by atoms with Gasteiger partial charge in [-0.05, 0) is 36.5 Å². The number of thiocarbonyl (C=S) groups is 1. The molecule has 2 N–H and O–H groups in total. The highest BCUT2D eigenvalue weighted by atomic mass is 35.5. The van der Waals surface area contributed by atoms with Crippen LogP contribution in [-0.4, -0.2) is 33.3 Å². The van der Waals surface area contributed by atoms with Gasteiger partial charge in [0.25, 0.3) is 0 Å². The lowest BCUT2D eigenvalue weighted by Gasteiger charge is -2.22. The molecule has 3 rings (SSSR count). The van der Waals surface area contributed by atoms with E-state index in [1.165, 1.54) is 0 Å². The second-order valence-corrected chi connectivity index (χ2v) is 7.61. The Kier molecular flexibility index (Phi) is 2.85. The van der Waals surface area contributed by atoms with Gasteiger partial charge >= 0.3 is 0 Å². The Morgan fingerprint density at radius 1 is 1.39 bits per heavy atom. The standard InChI is InChI=1S/C11H11ClN2O2S2/c12-7-1-3-8(4-2-7)14-10-6-18(15,16)5-9(10)13-11(14)17/h1-4,9-10H,5-6H2,(H-,13,15,16,17)/p+1/t9-,10+/m0/s1. The maximum atomic E-state index is 11.8. The van der Waals surface area contributed by atoms with E-state index >= 15 is 0 Å². The molecular formula is C11H12ClN2O2S2+. The molecule has 2 aliphatic heterocycles. The summed E-state index contributed by atoms with van der Waals surface area (Å²) in [5.41, 5.74) is 0.904. The van der Waals surface area contributed by atoms with Crippen molar-refractivity contribution in [3.8, 4) is 0 Å². The van der Waals surface area contributed by atoms with E-state index in [1.54, 1.807) is 12.1 Å². The Morgan fingerprint density at radius 3 is 2.72 bits per heavy atom. The molecule has 0 spiro atoms. The van der Waals surface area contributed by atoms with E-state index < -0.39 is 10.2 Å². The molecule has 0 amide bonds. The number of nitrogens with zero attached hydrogens (tertiary/aromatic N) is 1. The molecule has 0 saturated carbocycles. The molecule has 2 fully saturated rings. The van der Waals surface area contributed by atoms with Gasteiger partial charge in [-0.1, -0.05) is 15.8 Å². The minimum absolute atomic E-state index is 0.0364. The molecule has 18 heavy (non-hydrogen) atoms. The summed E-state index contributed by atoms with van der Waals surface area (Å²) in [4.78, 5) is 1.92. The van der Waals surface area contributed by atoms with Crippen LogP contribution in [0.25, 0.3) is 0 Å². The third-order valence-corrected chi connectivity index (χ3v) is 5.61. The molecule has 3 atom stereocenters. The number of benzene rings is 1. The first kappa shape index (κ1) is 12.3. The van der Waals surface area contributed by atoms with Gasteiger partial charge in [0.05, 0.1) is 0 Å². The monoisotopic (exact) mass is 303 g/mol. The van der Waals surface area contributed by atoms with Crippen LogP contribution in [-0.2, 0) is 14.4 Å². The van der Waals surface area contributed by atoms with Crippen LogP contribution in [0.2, 0.25) is 5.02 Å². The van der Waals surface area contributed by atoms with Gasteiger partial charge in [0.1, 0.15) is 12.1 Å². The molecule has 1 aromatic carbocycles. The molecule has 0 aliphatic carbocycles. The molecule has 2 heterocycles. The summed E-state index contributed by atoms with van der Waals surface area (Å²) >= 11 is 11.2. The first-order valence-corrected chi connectivity index (χ1v) is 8.17. The van der Waals surface area contributed by atoms with Crippen molar-refractivity contribution in [1.29, 1.82) is 0 Å². The zero-order valence-corrected chi connectivity index (χ0v) is 11.8. The molecule has 0 aromatic heterocycles. The molecule has 2 aliphatic rings. The quantitative estimate of drug-likeness (QED) is 0.611. The van der Waals surface area contributed by atoms with Crippen LogP contribution in [0.5, 0.6) is 0 Å². The topological polar surface area (TPSA) is 52.6 Å². The minimum Gasteiger partial charge on any atom is -0.352 e. The largest absolute Gasteiger partial charge is 0.352 e. The molecule has 0 radical (unpaired) electrons. The maximum Gasteiger partial charge on any atom is 0.218 e. The van der Waals surface area contributed by atoms with Crippen LogP contribution < -0.4 is 10.2 Å². The molecule has 1 aromatic rings. The molecule has 2 saturated heterocycles. The number of rotatable bonds is 1. The fraction of sp³-hybridized carbons (Fsp3) is 0.364. The summed E-state index contributed by atoms with van der Waals surface area (Å²) in [6.07, 6.45) is 0. The van der Waals surface area contributed by atoms with Crippen LogP contribution in [0.4, 0.5) is 5.69 Å². The minimum atomic E-state index is -2.72. The van der Waals surface area contributed by atoms with Crippen molar-refractivity contribution in [2.45, 2.75) is 12.1 Å². The second kappa shape index (κ2) is 4.16. The normalized spacial score (nSPS) is 34.6. The Labute approximate surface area is 117 Å². The predicted molar refractivity (Wildman–Crippen MR) is 77.7 cm³/mol. The highest BCUT2D eigenvalue weighted by Gasteiger charge is 2.54. The van der Waals surface area contributed by atoms with E-state index in [-0.39, 0.29) is 23.6 Å². The lowest BCUT2D eigenvalue weighted by atomic mass is 10.1. The third kappa shape index (κ3) is 2.03. The number of nitrogens with one attached hydrogen (secondary N) is 1. The van der Waals surface area contributed by atoms with E-state index in [4.69, 9.17) is 23.8 Å². The lowest BCUT2D eigenvalue weighted by Crippen LogP contribution is -2.37. The number of anilines is 1. The van der Waals surface area contributed by atoms with Crippen molar-refractivity contribution in [3.63, 3.8) is 0 Å². The predicted octanol–water partition coefficient (Wildman–Crippen LogP) is 1.76. The molecule has 7 heteroatoms. The summed E-state index contributed by atoms with van der Waals surface area (Å²) in [5.74, 6) is 0.523. The molecular weight excluding hydrogens is 292 g/mol. The van der Waals surface area contributed by atoms with Gasteiger partial charge in [-0.3, -0.25) is 0 Å². The first-order chi connectivity index (χ1) is 8.46. The number of hydrogen-bond acceptors (Lipinski definition) is 2. The van der Waals surface area contributed by atoms with Gasteiger partial charge in [0.2, 0.25) is 10.2 Å². The Hall–Kier alpha value is -0.690. The number of halogens is 1. The van der Waals surface area contributed by atoms with E-state index in [0.29, 0.717) is 10.1 Å². The van der Waals surface area contributed by atoms with Gasteiger partial charge in [-0.15, -0.1) is 0 Å². The summed E-state index contributed by atoms with van der Waals surface area (Å²) in [5, 5.41) is 4.39. The van der Waals surface area contributed by atoms with Crippen LogP contribution in [0, 0.1) is 0 Å². The van der Waals surface area contributed by atoms with E-state index in [1.807, 2.05) is 17.0 Å². The zero-order valence-electron chi connectivity index (χ0n) is 9.38. The van der Waals surface area contributed by atoms with Crippen molar-refractivity contribution in [3.05, 3.63) is 29.3 Å². The van der Waals surface area contributed by atoms with Gasteiger partial charge in [-0.25, -0.2) is 0 Å². The fourth-order valence-electron chi connectivity index (χ4n) is 2.52. The van der Waals surface area contributed by atoms with E-state index in [2.05, 4.69) is 5.32 Å². The van der Waals surface area contributed by atoms with Crippen LogP contribution in [0.15, 0.2) is 24.3 Å². The molecule has 96 valence electrons. The van der Waals surface area contributed by atoms with Crippen molar-refractivity contribution >= 4 is 44.8 Å².